The van der Waals surface area contributed by atoms with E-state index < -0.39 is 0 Å². The van der Waals surface area contributed by atoms with Gasteiger partial charge in [0.2, 0.25) is 0 Å². The molecule has 0 spiro atoms. The first kappa shape index (κ1) is 12.1. The number of hydrogen-bond donors (Lipinski definition) is 0. The maximum absolute atomic E-state index is 12.7. The Labute approximate surface area is 108 Å². The molecule has 0 heterocycles. The number of hydrogen-bond acceptors (Lipinski definition) is 1. The standard InChI is InChI=1S/C14H12BrFO/c1-10-2-5-12(15)8-14(10)17-9-11-3-6-13(16)7-4-11/h2-8H,9H2,1H3. The Morgan fingerprint density at radius 1 is 1.12 bits per heavy atom. The summed E-state index contributed by atoms with van der Waals surface area (Å²) in [5.41, 5.74) is 2.03. The largest absolute Gasteiger partial charge is 0.489 e. The van der Waals surface area contributed by atoms with Crippen LogP contribution in [0.1, 0.15) is 11.1 Å². The van der Waals surface area contributed by atoms with Gasteiger partial charge in [0.1, 0.15) is 18.2 Å². The first-order chi connectivity index (χ1) is 8.15. The van der Waals surface area contributed by atoms with Gasteiger partial charge < -0.3 is 4.74 Å². The predicted octanol–water partition coefficient (Wildman–Crippen LogP) is 4.48. The molecule has 0 aliphatic carbocycles. The molecule has 88 valence electrons. The van der Waals surface area contributed by atoms with Gasteiger partial charge in [-0.25, -0.2) is 4.39 Å². The summed E-state index contributed by atoms with van der Waals surface area (Å²) in [5.74, 6) is 0.607. The second-order valence-corrected chi connectivity index (χ2v) is 4.74. The van der Waals surface area contributed by atoms with Crippen LogP contribution in [-0.4, -0.2) is 0 Å². The predicted molar refractivity (Wildman–Crippen MR) is 69.6 cm³/mol. The Morgan fingerprint density at radius 3 is 2.53 bits per heavy atom. The minimum atomic E-state index is -0.229. The van der Waals surface area contributed by atoms with Crippen molar-refractivity contribution in [2.45, 2.75) is 13.5 Å². The molecule has 0 aliphatic heterocycles. The second-order valence-electron chi connectivity index (χ2n) is 3.82. The minimum absolute atomic E-state index is 0.229. The molecule has 2 aromatic carbocycles. The highest BCUT2D eigenvalue weighted by Gasteiger charge is 2.01. The molecule has 0 aromatic heterocycles. The lowest BCUT2D eigenvalue weighted by Gasteiger charge is -2.09. The fraction of sp³-hybridized carbons (Fsp3) is 0.143. The van der Waals surface area contributed by atoms with Crippen LogP contribution in [0.2, 0.25) is 0 Å². The normalized spacial score (nSPS) is 10.3. The Kier molecular flexibility index (Phi) is 3.79. The third-order valence-corrected chi connectivity index (χ3v) is 2.95. The van der Waals surface area contributed by atoms with E-state index >= 15 is 0 Å². The number of ether oxygens (including phenoxy) is 1. The Balaban J connectivity index is 2.07. The second kappa shape index (κ2) is 5.32. The van der Waals surface area contributed by atoms with Crippen LogP contribution < -0.4 is 4.74 Å². The monoisotopic (exact) mass is 294 g/mol. The maximum Gasteiger partial charge on any atom is 0.123 e. The van der Waals surface area contributed by atoms with E-state index in [-0.39, 0.29) is 5.82 Å². The lowest BCUT2D eigenvalue weighted by atomic mass is 10.2. The van der Waals surface area contributed by atoms with Crippen molar-refractivity contribution in [3.63, 3.8) is 0 Å². The highest BCUT2D eigenvalue weighted by Crippen LogP contribution is 2.23. The molecule has 0 saturated carbocycles. The number of benzene rings is 2. The molecule has 0 N–H and O–H groups in total. The van der Waals surface area contributed by atoms with E-state index in [0.29, 0.717) is 6.61 Å². The van der Waals surface area contributed by atoms with Gasteiger partial charge in [-0.05, 0) is 42.3 Å². The van der Waals surface area contributed by atoms with Gasteiger partial charge in [-0.3, -0.25) is 0 Å². The van der Waals surface area contributed by atoms with Crippen molar-refractivity contribution < 1.29 is 9.13 Å². The van der Waals surface area contributed by atoms with Crippen molar-refractivity contribution in [2.75, 3.05) is 0 Å². The van der Waals surface area contributed by atoms with Crippen LogP contribution in [0.25, 0.3) is 0 Å². The highest BCUT2D eigenvalue weighted by molar-refractivity contribution is 9.10. The van der Waals surface area contributed by atoms with E-state index in [0.717, 1.165) is 21.3 Å². The summed E-state index contributed by atoms with van der Waals surface area (Å²) in [7, 11) is 0. The van der Waals surface area contributed by atoms with E-state index in [1.165, 1.54) is 12.1 Å². The average Bonchev–Trinajstić information content (AvgIpc) is 2.32. The molecule has 2 rings (SSSR count). The average molecular weight is 295 g/mol. The molecule has 0 fully saturated rings. The first-order valence-electron chi connectivity index (χ1n) is 5.28. The van der Waals surface area contributed by atoms with Gasteiger partial charge in [0.25, 0.3) is 0 Å². The molecule has 0 unspecified atom stereocenters. The third-order valence-electron chi connectivity index (χ3n) is 2.46. The van der Waals surface area contributed by atoms with Gasteiger partial charge in [-0.1, -0.05) is 34.1 Å². The van der Waals surface area contributed by atoms with Gasteiger partial charge in [0.15, 0.2) is 0 Å². The van der Waals surface area contributed by atoms with Gasteiger partial charge in [-0.2, -0.15) is 0 Å². The summed E-state index contributed by atoms with van der Waals surface area (Å²) < 4.78 is 19.4. The fourth-order valence-corrected chi connectivity index (χ4v) is 1.81. The van der Waals surface area contributed by atoms with Crippen LogP contribution in [-0.2, 0) is 6.61 Å². The zero-order valence-corrected chi connectivity index (χ0v) is 11.0. The van der Waals surface area contributed by atoms with Crippen LogP contribution in [0.5, 0.6) is 5.75 Å². The molecule has 0 saturated heterocycles. The maximum atomic E-state index is 12.7. The van der Waals surface area contributed by atoms with Gasteiger partial charge >= 0.3 is 0 Å². The summed E-state index contributed by atoms with van der Waals surface area (Å²) in [5, 5.41) is 0. The number of aryl methyl sites for hydroxylation is 1. The lowest BCUT2D eigenvalue weighted by molar-refractivity contribution is 0.304. The molecule has 0 bridgehead atoms. The summed E-state index contributed by atoms with van der Waals surface area (Å²) in [6, 6.07) is 12.2. The minimum Gasteiger partial charge on any atom is -0.489 e. The molecule has 17 heavy (non-hydrogen) atoms. The molecule has 1 nitrogen and oxygen atoms in total. The Morgan fingerprint density at radius 2 is 1.82 bits per heavy atom. The van der Waals surface area contributed by atoms with Crippen LogP contribution >= 0.6 is 15.9 Å². The Bertz CT molecular complexity index is 508. The highest BCUT2D eigenvalue weighted by atomic mass is 79.9. The third kappa shape index (κ3) is 3.30. The fourth-order valence-electron chi connectivity index (χ4n) is 1.47. The smallest absolute Gasteiger partial charge is 0.123 e. The van der Waals surface area contributed by atoms with Crippen molar-refractivity contribution in [1.29, 1.82) is 0 Å². The summed E-state index contributed by atoms with van der Waals surface area (Å²) in [6.07, 6.45) is 0. The van der Waals surface area contributed by atoms with E-state index in [9.17, 15) is 4.39 Å². The van der Waals surface area contributed by atoms with E-state index in [4.69, 9.17) is 4.74 Å². The van der Waals surface area contributed by atoms with Gasteiger partial charge in [0.05, 0.1) is 0 Å². The summed E-state index contributed by atoms with van der Waals surface area (Å²) in [4.78, 5) is 0. The quantitative estimate of drug-likeness (QED) is 0.811. The van der Waals surface area contributed by atoms with Crippen LogP contribution in [0.4, 0.5) is 4.39 Å². The topological polar surface area (TPSA) is 9.23 Å². The van der Waals surface area contributed by atoms with E-state index in [1.807, 2.05) is 25.1 Å². The first-order valence-corrected chi connectivity index (χ1v) is 6.08. The number of rotatable bonds is 3. The van der Waals surface area contributed by atoms with E-state index in [1.54, 1.807) is 12.1 Å². The molecular weight excluding hydrogens is 283 g/mol. The van der Waals surface area contributed by atoms with Crippen molar-refractivity contribution in [3.8, 4) is 5.75 Å². The van der Waals surface area contributed by atoms with Crippen LogP contribution in [0.3, 0.4) is 0 Å². The molecule has 0 amide bonds. The van der Waals surface area contributed by atoms with Crippen molar-refractivity contribution >= 4 is 15.9 Å². The van der Waals surface area contributed by atoms with Crippen molar-refractivity contribution in [2.24, 2.45) is 0 Å². The van der Waals surface area contributed by atoms with Crippen LogP contribution in [0.15, 0.2) is 46.9 Å². The lowest BCUT2D eigenvalue weighted by Crippen LogP contribution is -1.97. The van der Waals surface area contributed by atoms with Crippen molar-refractivity contribution in [3.05, 3.63) is 63.9 Å². The molecule has 0 atom stereocenters. The molecule has 3 heteroatoms. The zero-order chi connectivity index (χ0) is 12.3. The SMILES string of the molecule is Cc1ccc(Br)cc1OCc1ccc(F)cc1. The summed E-state index contributed by atoms with van der Waals surface area (Å²) in [6.45, 7) is 2.43. The molecule has 0 radical (unpaired) electrons. The van der Waals surface area contributed by atoms with E-state index in [2.05, 4.69) is 15.9 Å². The van der Waals surface area contributed by atoms with Gasteiger partial charge in [-0.15, -0.1) is 0 Å². The summed E-state index contributed by atoms with van der Waals surface area (Å²) >= 11 is 3.40. The molecular formula is C14H12BrFO. The van der Waals surface area contributed by atoms with Crippen molar-refractivity contribution in [1.82, 2.24) is 0 Å². The Hall–Kier alpha value is -1.35. The molecule has 0 aliphatic rings. The zero-order valence-electron chi connectivity index (χ0n) is 9.41. The van der Waals surface area contributed by atoms with Crippen LogP contribution in [0, 0.1) is 12.7 Å². The number of halogens is 2. The van der Waals surface area contributed by atoms with Gasteiger partial charge in [0, 0.05) is 4.47 Å². The molecule has 2 aromatic rings.